The predicted molar refractivity (Wildman–Crippen MR) is 109 cm³/mol. The van der Waals surface area contributed by atoms with E-state index in [1.54, 1.807) is 7.11 Å². The highest BCUT2D eigenvalue weighted by Gasteiger charge is 2.28. The molecule has 2 aromatic carbocycles. The van der Waals surface area contributed by atoms with E-state index in [-0.39, 0.29) is 11.9 Å². The van der Waals surface area contributed by atoms with Crippen LogP contribution in [0.2, 0.25) is 0 Å². The Balaban J connectivity index is 1.56. The first-order chi connectivity index (χ1) is 13.1. The first kappa shape index (κ1) is 19.2. The van der Waals surface area contributed by atoms with E-state index >= 15 is 0 Å². The molecule has 1 unspecified atom stereocenters. The molecule has 1 saturated heterocycles. The highest BCUT2D eigenvalue weighted by atomic mass is 16.5. The Morgan fingerprint density at radius 2 is 1.67 bits per heavy atom. The number of piperazine rings is 1. The largest absolute Gasteiger partial charge is 0.495 e. The van der Waals surface area contributed by atoms with Crippen molar-refractivity contribution in [3.63, 3.8) is 0 Å². The smallest absolute Gasteiger partial charge is 0.239 e. The highest BCUT2D eigenvalue weighted by Crippen LogP contribution is 2.28. The third-order valence-corrected chi connectivity index (χ3v) is 5.28. The molecule has 0 aromatic heterocycles. The van der Waals surface area contributed by atoms with E-state index < -0.39 is 0 Å². The van der Waals surface area contributed by atoms with E-state index in [0.29, 0.717) is 6.54 Å². The molecule has 1 amide bonds. The van der Waals surface area contributed by atoms with Crippen molar-refractivity contribution < 1.29 is 9.53 Å². The average molecular weight is 367 g/mol. The van der Waals surface area contributed by atoms with E-state index in [1.165, 1.54) is 0 Å². The number of ether oxygens (including phenoxy) is 1. The molecule has 144 valence electrons. The summed E-state index contributed by atoms with van der Waals surface area (Å²) in [6.07, 6.45) is 0. The second-order valence-corrected chi connectivity index (χ2v) is 7.05. The Kier molecular flexibility index (Phi) is 6.35. The van der Waals surface area contributed by atoms with Gasteiger partial charge in [0, 0.05) is 39.8 Å². The summed E-state index contributed by atoms with van der Waals surface area (Å²) in [5.74, 6) is 1.07. The molecule has 3 rings (SSSR count). The predicted octanol–water partition coefficient (Wildman–Crippen LogP) is 2.86. The lowest BCUT2D eigenvalue weighted by atomic mass is 10.1. The van der Waals surface area contributed by atoms with E-state index in [0.717, 1.165) is 43.2 Å². The summed E-state index contributed by atoms with van der Waals surface area (Å²) in [7, 11) is 3.59. The zero-order valence-electron chi connectivity index (χ0n) is 16.5. The maximum Gasteiger partial charge on any atom is 0.239 e. The molecule has 5 nitrogen and oxygen atoms in total. The standard InChI is InChI=1S/C22H29N3O2/c1-18(22(26)23(2)17-19-9-5-4-6-10-19)24-13-15-25(16-14-24)20-11-7-8-12-21(20)27-3/h4-12,18H,13-17H2,1-3H3. The molecule has 1 fully saturated rings. The number of methoxy groups -OCH3 is 1. The summed E-state index contributed by atoms with van der Waals surface area (Å²) in [5, 5.41) is 0. The number of hydrogen-bond donors (Lipinski definition) is 0. The number of carbonyl (C=O) groups excluding carboxylic acids is 1. The van der Waals surface area contributed by atoms with Gasteiger partial charge in [0.05, 0.1) is 18.8 Å². The molecule has 0 saturated carbocycles. The zero-order chi connectivity index (χ0) is 19.2. The quantitative estimate of drug-likeness (QED) is 0.787. The molecule has 0 bridgehead atoms. The van der Waals surface area contributed by atoms with Gasteiger partial charge in [-0.2, -0.15) is 0 Å². The molecule has 0 spiro atoms. The van der Waals surface area contributed by atoms with Crippen molar-refractivity contribution in [1.29, 1.82) is 0 Å². The van der Waals surface area contributed by atoms with Crippen LogP contribution in [0.3, 0.4) is 0 Å². The monoisotopic (exact) mass is 367 g/mol. The van der Waals surface area contributed by atoms with Gasteiger partial charge in [-0.15, -0.1) is 0 Å². The second-order valence-electron chi connectivity index (χ2n) is 7.05. The van der Waals surface area contributed by atoms with Crippen LogP contribution in [0.1, 0.15) is 12.5 Å². The summed E-state index contributed by atoms with van der Waals surface area (Å²) in [6.45, 7) is 6.17. The minimum absolute atomic E-state index is 0.112. The van der Waals surface area contributed by atoms with Gasteiger partial charge in [-0.1, -0.05) is 42.5 Å². The highest BCUT2D eigenvalue weighted by molar-refractivity contribution is 5.81. The molecule has 0 radical (unpaired) electrons. The van der Waals surface area contributed by atoms with Gasteiger partial charge in [-0.25, -0.2) is 0 Å². The van der Waals surface area contributed by atoms with Crippen LogP contribution in [-0.2, 0) is 11.3 Å². The molecule has 0 N–H and O–H groups in total. The van der Waals surface area contributed by atoms with E-state index in [2.05, 4.69) is 28.0 Å². The molecule has 2 aromatic rings. The van der Waals surface area contributed by atoms with E-state index in [9.17, 15) is 4.79 Å². The number of likely N-dealkylation sites (N-methyl/N-ethyl adjacent to an activating group) is 1. The van der Waals surface area contributed by atoms with Crippen molar-refractivity contribution in [3.8, 4) is 5.75 Å². The normalized spacial score (nSPS) is 16.0. The van der Waals surface area contributed by atoms with Crippen molar-refractivity contribution in [1.82, 2.24) is 9.80 Å². The van der Waals surface area contributed by atoms with Crippen LogP contribution < -0.4 is 9.64 Å². The SMILES string of the molecule is COc1ccccc1N1CCN(C(C)C(=O)N(C)Cc2ccccc2)CC1. The second kappa shape index (κ2) is 8.91. The Bertz CT molecular complexity index is 742. The van der Waals surface area contributed by atoms with Crippen molar-refractivity contribution >= 4 is 11.6 Å². The number of amides is 1. The van der Waals surface area contributed by atoms with Crippen LogP contribution in [0, 0.1) is 0 Å². The van der Waals surface area contributed by atoms with Gasteiger partial charge >= 0.3 is 0 Å². The van der Waals surface area contributed by atoms with Crippen LogP contribution in [-0.4, -0.2) is 62.1 Å². The van der Waals surface area contributed by atoms with Crippen molar-refractivity contribution in [2.24, 2.45) is 0 Å². The minimum Gasteiger partial charge on any atom is -0.495 e. The lowest BCUT2D eigenvalue weighted by molar-refractivity contribution is -0.135. The Labute approximate surface area is 162 Å². The lowest BCUT2D eigenvalue weighted by Crippen LogP contribution is -2.54. The fourth-order valence-electron chi connectivity index (χ4n) is 3.65. The third kappa shape index (κ3) is 4.61. The molecule has 0 aliphatic carbocycles. The van der Waals surface area contributed by atoms with Crippen LogP contribution in [0.5, 0.6) is 5.75 Å². The summed E-state index contributed by atoms with van der Waals surface area (Å²) in [6, 6.07) is 18.1. The summed E-state index contributed by atoms with van der Waals surface area (Å²) in [4.78, 5) is 19.3. The first-order valence-electron chi connectivity index (χ1n) is 9.51. The fourth-order valence-corrected chi connectivity index (χ4v) is 3.65. The third-order valence-electron chi connectivity index (χ3n) is 5.28. The summed E-state index contributed by atoms with van der Waals surface area (Å²) < 4.78 is 5.48. The van der Waals surface area contributed by atoms with Crippen LogP contribution in [0.25, 0.3) is 0 Å². The number of anilines is 1. The Morgan fingerprint density at radius 1 is 1.04 bits per heavy atom. The maximum absolute atomic E-state index is 12.8. The Hall–Kier alpha value is -2.53. The molecule has 1 aliphatic heterocycles. The van der Waals surface area contributed by atoms with Crippen molar-refractivity contribution in [3.05, 3.63) is 60.2 Å². The van der Waals surface area contributed by atoms with Gasteiger partial charge in [-0.05, 0) is 24.6 Å². The van der Waals surface area contributed by atoms with Crippen molar-refractivity contribution in [2.75, 3.05) is 45.2 Å². The van der Waals surface area contributed by atoms with Gasteiger partial charge in [0.2, 0.25) is 5.91 Å². The summed E-state index contributed by atoms with van der Waals surface area (Å²) in [5.41, 5.74) is 2.28. The van der Waals surface area contributed by atoms with Gasteiger partial charge in [0.25, 0.3) is 0 Å². The molecule has 1 aliphatic rings. The topological polar surface area (TPSA) is 36.0 Å². The van der Waals surface area contributed by atoms with Crippen molar-refractivity contribution in [2.45, 2.75) is 19.5 Å². The van der Waals surface area contributed by atoms with Gasteiger partial charge < -0.3 is 14.5 Å². The van der Waals surface area contributed by atoms with Gasteiger partial charge in [0.15, 0.2) is 0 Å². The number of benzene rings is 2. The lowest BCUT2D eigenvalue weighted by Gasteiger charge is -2.39. The first-order valence-corrected chi connectivity index (χ1v) is 9.51. The molecular formula is C22H29N3O2. The number of carbonyl (C=O) groups is 1. The minimum atomic E-state index is -0.112. The average Bonchev–Trinajstić information content (AvgIpc) is 2.73. The van der Waals surface area contributed by atoms with E-state index in [1.807, 2.05) is 55.3 Å². The Morgan fingerprint density at radius 3 is 2.33 bits per heavy atom. The van der Waals surface area contributed by atoms with Gasteiger partial charge in [-0.3, -0.25) is 9.69 Å². The molecular weight excluding hydrogens is 338 g/mol. The number of hydrogen-bond acceptors (Lipinski definition) is 4. The summed E-state index contributed by atoms with van der Waals surface area (Å²) >= 11 is 0. The van der Waals surface area contributed by atoms with E-state index in [4.69, 9.17) is 4.74 Å². The molecule has 27 heavy (non-hydrogen) atoms. The molecule has 5 heteroatoms. The fraction of sp³-hybridized carbons (Fsp3) is 0.409. The van der Waals surface area contributed by atoms with Crippen LogP contribution in [0.15, 0.2) is 54.6 Å². The number of rotatable bonds is 6. The zero-order valence-corrected chi connectivity index (χ0v) is 16.5. The maximum atomic E-state index is 12.8. The number of para-hydroxylation sites is 2. The van der Waals surface area contributed by atoms with Gasteiger partial charge in [0.1, 0.15) is 5.75 Å². The van der Waals surface area contributed by atoms with Crippen LogP contribution >= 0.6 is 0 Å². The number of nitrogens with zero attached hydrogens (tertiary/aromatic N) is 3. The molecule has 1 heterocycles. The van der Waals surface area contributed by atoms with Crippen LogP contribution in [0.4, 0.5) is 5.69 Å². The molecule has 1 atom stereocenters.